The maximum Gasteiger partial charge on any atom is 0.182 e. The summed E-state index contributed by atoms with van der Waals surface area (Å²) in [5, 5.41) is 11.7. The Morgan fingerprint density at radius 1 is 1.19 bits per heavy atom. The van der Waals surface area contributed by atoms with E-state index in [2.05, 4.69) is 20.9 Å². The van der Waals surface area contributed by atoms with E-state index in [0.717, 1.165) is 0 Å². The quantitative estimate of drug-likeness (QED) is 0.643. The lowest BCUT2D eigenvalue weighted by molar-refractivity contribution is -0.255. The molecule has 5 nitrogen and oxygen atoms in total. The highest BCUT2D eigenvalue weighted by Gasteiger charge is 2.30. The van der Waals surface area contributed by atoms with Crippen molar-refractivity contribution in [1.82, 2.24) is 9.55 Å². The first-order valence-electron chi connectivity index (χ1n) is 8.44. The van der Waals surface area contributed by atoms with Gasteiger partial charge in [-0.1, -0.05) is 37.3 Å². The Labute approximate surface area is 163 Å². The molecule has 1 aliphatic heterocycles. The van der Waals surface area contributed by atoms with Crippen molar-refractivity contribution in [2.45, 2.75) is 19.4 Å². The van der Waals surface area contributed by atoms with Crippen LogP contribution in [0.2, 0.25) is 0 Å². The van der Waals surface area contributed by atoms with Gasteiger partial charge < -0.3 is 9.90 Å². The molecule has 0 saturated carbocycles. The first-order chi connectivity index (χ1) is 13.0. The SMILES string of the molecule is CCC1N=C(c2ccccc2F)c2ccccc2-n2c(Br)nc(C(=O)[O-])c21. The number of carbonyl (C=O) groups excluding carboxylic acids is 1. The average Bonchev–Trinajstić information content (AvgIpc) is 2.93. The van der Waals surface area contributed by atoms with Crippen LogP contribution in [-0.4, -0.2) is 21.2 Å². The minimum Gasteiger partial charge on any atom is -0.543 e. The second kappa shape index (κ2) is 6.74. The monoisotopic (exact) mass is 426 g/mol. The molecule has 1 unspecified atom stereocenters. The van der Waals surface area contributed by atoms with E-state index in [1.165, 1.54) is 6.07 Å². The fourth-order valence-corrected chi connectivity index (χ4v) is 3.96. The Morgan fingerprint density at radius 3 is 2.52 bits per heavy atom. The third kappa shape index (κ3) is 2.78. The zero-order chi connectivity index (χ0) is 19.1. The Bertz CT molecular complexity index is 1090. The highest BCUT2D eigenvalue weighted by molar-refractivity contribution is 9.10. The molecule has 136 valence electrons. The molecule has 1 atom stereocenters. The third-order valence-electron chi connectivity index (χ3n) is 4.58. The number of aliphatic imine (C=N–C) groups is 1. The molecule has 1 aromatic heterocycles. The minimum atomic E-state index is -1.37. The van der Waals surface area contributed by atoms with Crippen LogP contribution in [0.15, 0.2) is 58.3 Å². The van der Waals surface area contributed by atoms with Crippen molar-refractivity contribution in [2.75, 3.05) is 0 Å². The first-order valence-corrected chi connectivity index (χ1v) is 9.24. The second-order valence-corrected chi connectivity index (χ2v) is 6.85. The van der Waals surface area contributed by atoms with Gasteiger partial charge in [-0.15, -0.1) is 0 Å². The summed E-state index contributed by atoms with van der Waals surface area (Å²) in [6.07, 6.45) is 0.518. The lowest BCUT2D eigenvalue weighted by Crippen LogP contribution is -2.25. The zero-order valence-corrected chi connectivity index (χ0v) is 15.9. The topological polar surface area (TPSA) is 70.3 Å². The number of carbonyl (C=O) groups is 1. The maximum absolute atomic E-state index is 14.6. The van der Waals surface area contributed by atoms with Crippen molar-refractivity contribution in [1.29, 1.82) is 0 Å². The van der Waals surface area contributed by atoms with Crippen LogP contribution in [0.4, 0.5) is 4.39 Å². The fraction of sp³-hybridized carbons (Fsp3) is 0.150. The van der Waals surface area contributed by atoms with Crippen LogP contribution in [0.1, 0.15) is 46.7 Å². The predicted molar refractivity (Wildman–Crippen MR) is 101 cm³/mol. The zero-order valence-electron chi connectivity index (χ0n) is 14.3. The van der Waals surface area contributed by atoms with Crippen LogP contribution in [-0.2, 0) is 0 Å². The highest BCUT2D eigenvalue weighted by atomic mass is 79.9. The van der Waals surface area contributed by atoms with Gasteiger partial charge in [0.1, 0.15) is 11.5 Å². The molecule has 0 aliphatic carbocycles. The third-order valence-corrected chi connectivity index (χ3v) is 5.11. The summed E-state index contributed by atoms with van der Waals surface area (Å²) in [6.45, 7) is 1.90. The molecule has 0 bridgehead atoms. The first kappa shape index (κ1) is 17.6. The molecular formula is C20H14BrFN3O2-. The molecule has 1 aliphatic rings. The number of halogens is 2. The lowest BCUT2D eigenvalue weighted by atomic mass is 10.00. The van der Waals surface area contributed by atoms with E-state index in [0.29, 0.717) is 39.4 Å². The number of para-hydroxylation sites is 1. The summed E-state index contributed by atoms with van der Waals surface area (Å²) in [5.74, 6) is -1.75. The number of hydrogen-bond acceptors (Lipinski definition) is 4. The smallest absolute Gasteiger partial charge is 0.182 e. The number of aromatic carboxylic acids is 1. The number of aromatic nitrogens is 2. The maximum atomic E-state index is 14.6. The number of hydrogen-bond donors (Lipinski definition) is 0. The number of fused-ring (bicyclic) bond motifs is 3. The summed E-state index contributed by atoms with van der Waals surface area (Å²) in [6, 6.07) is 13.3. The van der Waals surface area contributed by atoms with E-state index in [9.17, 15) is 14.3 Å². The van der Waals surface area contributed by atoms with Gasteiger partial charge in [-0.05, 0) is 40.5 Å². The van der Waals surface area contributed by atoms with E-state index in [1.54, 1.807) is 22.8 Å². The number of benzene rings is 2. The number of carboxylic acid groups (broad SMARTS) is 1. The summed E-state index contributed by atoms with van der Waals surface area (Å²) in [5.41, 5.74) is 2.48. The molecular weight excluding hydrogens is 413 g/mol. The predicted octanol–water partition coefficient (Wildman–Crippen LogP) is 3.44. The van der Waals surface area contributed by atoms with Crippen molar-refractivity contribution < 1.29 is 14.3 Å². The van der Waals surface area contributed by atoms with Gasteiger partial charge in [0.2, 0.25) is 0 Å². The van der Waals surface area contributed by atoms with Crippen molar-refractivity contribution in [3.8, 4) is 5.69 Å². The molecule has 0 spiro atoms. The van der Waals surface area contributed by atoms with Crippen molar-refractivity contribution in [2.24, 2.45) is 4.99 Å². The van der Waals surface area contributed by atoms with Crippen LogP contribution in [0.5, 0.6) is 0 Å². The van der Waals surface area contributed by atoms with Crippen LogP contribution in [0.25, 0.3) is 5.69 Å². The van der Waals surface area contributed by atoms with Crippen molar-refractivity contribution >= 4 is 27.6 Å². The van der Waals surface area contributed by atoms with E-state index < -0.39 is 12.0 Å². The Kier molecular flexibility index (Phi) is 4.39. The van der Waals surface area contributed by atoms with Gasteiger partial charge in [-0.2, -0.15) is 0 Å². The Morgan fingerprint density at radius 2 is 1.85 bits per heavy atom. The largest absolute Gasteiger partial charge is 0.543 e. The minimum absolute atomic E-state index is 0.165. The van der Waals surface area contributed by atoms with E-state index >= 15 is 0 Å². The van der Waals surface area contributed by atoms with Gasteiger partial charge in [0.15, 0.2) is 4.73 Å². The van der Waals surface area contributed by atoms with Gasteiger partial charge in [0.05, 0.1) is 29.1 Å². The van der Waals surface area contributed by atoms with Gasteiger partial charge in [-0.3, -0.25) is 9.56 Å². The summed E-state index contributed by atoms with van der Waals surface area (Å²) < 4.78 is 16.6. The summed E-state index contributed by atoms with van der Waals surface area (Å²) >= 11 is 3.36. The molecule has 0 radical (unpaired) electrons. The molecule has 0 N–H and O–H groups in total. The Balaban J connectivity index is 2.10. The average molecular weight is 427 g/mol. The van der Waals surface area contributed by atoms with Gasteiger partial charge in [-0.25, -0.2) is 9.37 Å². The molecule has 7 heteroatoms. The van der Waals surface area contributed by atoms with Crippen molar-refractivity contribution in [3.63, 3.8) is 0 Å². The number of nitrogens with zero attached hydrogens (tertiary/aromatic N) is 3. The van der Waals surface area contributed by atoms with E-state index in [4.69, 9.17) is 4.99 Å². The molecule has 0 saturated heterocycles. The van der Waals surface area contributed by atoms with Crippen molar-refractivity contribution in [3.05, 3.63) is 81.6 Å². The number of carboxylic acids is 1. The summed E-state index contributed by atoms with van der Waals surface area (Å²) in [4.78, 5) is 20.5. The standard InChI is InChI=1S/C20H15BrFN3O2/c1-2-14-18-17(19(26)27)24-20(21)25(18)15-10-6-4-8-12(15)16(23-14)11-7-3-5-9-13(11)22/h3-10,14H,2H2,1H3,(H,26,27)/p-1. The molecule has 2 heterocycles. The molecule has 4 rings (SSSR count). The lowest BCUT2D eigenvalue weighted by Gasteiger charge is -2.14. The fourth-order valence-electron chi connectivity index (χ4n) is 3.40. The molecule has 0 fully saturated rings. The van der Waals surface area contributed by atoms with Crippen LogP contribution in [0.3, 0.4) is 0 Å². The van der Waals surface area contributed by atoms with Gasteiger partial charge in [0.25, 0.3) is 0 Å². The second-order valence-electron chi connectivity index (χ2n) is 6.14. The van der Waals surface area contributed by atoms with Crippen LogP contribution in [0, 0.1) is 5.82 Å². The van der Waals surface area contributed by atoms with Gasteiger partial charge >= 0.3 is 0 Å². The van der Waals surface area contributed by atoms with Gasteiger partial charge in [0, 0.05) is 11.1 Å². The highest BCUT2D eigenvalue weighted by Crippen LogP contribution is 2.37. The van der Waals surface area contributed by atoms with E-state index in [1.807, 2.05) is 31.2 Å². The molecule has 2 aromatic carbocycles. The Hall–Kier alpha value is -2.80. The molecule has 0 amide bonds. The molecule has 27 heavy (non-hydrogen) atoms. The van der Waals surface area contributed by atoms with Crippen LogP contribution >= 0.6 is 15.9 Å². The molecule has 3 aromatic rings. The number of imidazole rings is 1. The van der Waals surface area contributed by atoms with E-state index in [-0.39, 0.29) is 11.5 Å². The number of rotatable bonds is 3. The van der Waals surface area contributed by atoms with Crippen LogP contribution < -0.4 is 5.11 Å². The summed E-state index contributed by atoms with van der Waals surface area (Å²) in [7, 11) is 0. The normalized spacial score (nSPS) is 15.5.